The van der Waals surface area contributed by atoms with Crippen LogP contribution in [0.25, 0.3) is 0 Å². The molecule has 134 valence electrons. The van der Waals surface area contributed by atoms with Crippen LogP contribution in [0.5, 0.6) is 0 Å². The van der Waals surface area contributed by atoms with Crippen LogP contribution in [0, 0.1) is 0 Å². The van der Waals surface area contributed by atoms with Gasteiger partial charge in [-0.25, -0.2) is 0 Å². The van der Waals surface area contributed by atoms with Crippen LogP contribution in [0.4, 0.5) is 0 Å². The maximum Gasteiger partial charge on any atom is 0.292 e. The largest absolute Gasteiger partial charge is 0.471 e. The van der Waals surface area contributed by atoms with Crippen LogP contribution < -0.4 is 0 Å². The molecule has 0 heterocycles. The van der Waals surface area contributed by atoms with Gasteiger partial charge in [-0.2, -0.15) is 0 Å². The van der Waals surface area contributed by atoms with E-state index < -0.39 is 0 Å². The lowest BCUT2D eigenvalue weighted by Crippen LogP contribution is -2.35. The fourth-order valence-corrected chi connectivity index (χ4v) is 3.40. The molecular weight excluding hydrogens is 310 g/mol. The predicted molar refractivity (Wildman–Crippen MR) is 102 cm³/mol. The highest BCUT2D eigenvalue weighted by molar-refractivity contribution is 5.36. The summed E-state index contributed by atoms with van der Waals surface area (Å²) in [6.07, 6.45) is 6.93. The van der Waals surface area contributed by atoms with Crippen molar-refractivity contribution in [3.05, 3.63) is 71.8 Å². The molecule has 25 heavy (non-hydrogen) atoms. The Labute approximate surface area is 151 Å². The first-order valence-electron chi connectivity index (χ1n) is 9.12. The first kappa shape index (κ1) is 19.2. The van der Waals surface area contributed by atoms with E-state index >= 15 is 0 Å². The molecule has 2 aromatic carbocycles. The summed E-state index contributed by atoms with van der Waals surface area (Å²) in [5, 5.41) is 0. The second-order valence-corrected chi connectivity index (χ2v) is 6.50. The molecule has 2 aromatic rings. The molecule has 1 saturated carbocycles. The average Bonchev–Trinajstić information content (AvgIpc) is 2.70. The van der Waals surface area contributed by atoms with Crippen molar-refractivity contribution >= 4 is 6.47 Å². The van der Waals surface area contributed by atoms with Gasteiger partial charge < -0.3 is 4.74 Å². The number of methoxy groups -OCH3 is 1. The quantitative estimate of drug-likeness (QED) is 0.707. The third kappa shape index (κ3) is 7.10. The van der Waals surface area contributed by atoms with E-state index in [4.69, 9.17) is 4.79 Å². The minimum Gasteiger partial charge on any atom is -0.471 e. The van der Waals surface area contributed by atoms with Gasteiger partial charge in [-0.15, -0.1) is 0 Å². The van der Waals surface area contributed by atoms with E-state index in [1.54, 1.807) is 0 Å². The number of hydrogen-bond donors (Lipinski definition) is 0. The van der Waals surface area contributed by atoms with E-state index in [9.17, 15) is 0 Å². The van der Waals surface area contributed by atoms with Crippen LogP contribution >= 0.6 is 0 Å². The van der Waals surface area contributed by atoms with Gasteiger partial charge in [-0.05, 0) is 24.0 Å². The zero-order valence-corrected chi connectivity index (χ0v) is 15.1. The Morgan fingerprint density at radius 2 is 1.32 bits per heavy atom. The maximum absolute atomic E-state index is 8.95. The number of hydrogen-bond acceptors (Lipinski definition) is 3. The predicted octanol–water partition coefficient (Wildman–Crippen LogP) is 4.81. The van der Waals surface area contributed by atoms with Crippen molar-refractivity contribution in [2.24, 2.45) is 0 Å². The van der Waals surface area contributed by atoms with Crippen LogP contribution in [-0.2, 0) is 22.6 Å². The number of rotatable bonds is 6. The molecule has 1 fully saturated rings. The highest BCUT2D eigenvalue weighted by Gasteiger charge is 2.21. The normalized spacial score (nSPS) is 14.5. The van der Waals surface area contributed by atoms with Gasteiger partial charge in [0.25, 0.3) is 6.47 Å². The topological polar surface area (TPSA) is 29.5 Å². The van der Waals surface area contributed by atoms with Gasteiger partial charge >= 0.3 is 0 Å². The van der Waals surface area contributed by atoms with Gasteiger partial charge in [-0.1, -0.05) is 79.9 Å². The minimum atomic E-state index is 0.375. The highest BCUT2D eigenvalue weighted by atomic mass is 16.5. The summed E-state index contributed by atoms with van der Waals surface area (Å²) in [6, 6.07) is 22.6. The third-order valence-electron chi connectivity index (χ3n) is 4.64. The molecule has 3 nitrogen and oxygen atoms in total. The van der Waals surface area contributed by atoms with Crippen molar-refractivity contribution in [2.75, 3.05) is 7.11 Å². The summed E-state index contributed by atoms with van der Waals surface area (Å²) >= 11 is 0. The Morgan fingerprint density at radius 1 is 0.880 bits per heavy atom. The Balaban J connectivity index is 0.000000511. The molecule has 3 rings (SSSR count). The number of nitrogens with zero attached hydrogens (tertiary/aromatic N) is 1. The van der Waals surface area contributed by atoms with Gasteiger partial charge in [0.05, 0.1) is 7.11 Å². The summed E-state index contributed by atoms with van der Waals surface area (Å²) in [5.74, 6) is 0. The second kappa shape index (κ2) is 11.4. The lowest BCUT2D eigenvalue weighted by atomic mass is 9.93. The van der Waals surface area contributed by atoms with E-state index in [0.29, 0.717) is 6.47 Å². The molecule has 0 unspecified atom stereocenters. The smallest absolute Gasteiger partial charge is 0.292 e. The Hall–Kier alpha value is -2.13. The maximum atomic E-state index is 8.95. The van der Waals surface area contributed by atoms with E-state index in [1.165, 1.54) is 50.3 Å². The fourth-order valence-electron chi connectivity index (χ4n) is 3.40. The van der Waals surface area contributed by atoms with Gasteiger partial charge in [0.15, 0.2) is 0 Å². The SMILES string of the molecule is COC=O.c1ccc(CN(Cc2ccccc2)C2CCCCC2)cc1. The van der Waals surface area contributed by atoms with Gasteiger partial charge in [-0.3, -0.25) is 9.69 Å². The fraction of sp³-hybridized carbons (Fsp3) is 0.409. The van der Waals surface area contributed by atoms with Crippen LogP contribution in [0.3, 0.4) is 0 Å². The van der Waals surface area contributed by atoms with E-state index in [-0.39, 0.29) is 0 Å². The highest BCUT2D eigenvalue weighted by Crippen LogP contribution is 2.25. The molecular formula is C22H29NO2. The van der Waals surface area contributed by atoms with Crippen molar-refractivity contribution in [2.45, 2.75) is 51.2 Å². The average molecular weight is 339 g/mol. The Morgan fingerprint density at radius 3 is 1.72 bits per heavy atom. The van der Waals surface area contributed by atoms with Crippen molar-refractivity contribution in [1.82, 2.24) is 4.90 Å². The van der Waals surface area contributed by atoms with Gasteiger partial charge in [0.1, 0.15) is 0 Å². The molecule has 0 amide bonds. The van der Waals surface area contributed by atoms with Crippen LogP contribution in [0.2, 0.25) is 0 Å². The third-order valence-corrected chi connectivity index (χ3v) is 4.64. The lowest BCUT2D eigenvalue weighted by Gasteiger charge is -2.34. The molecule has 0 bridgehead atoms. The monoisotopic (exact) mass is 339 g/mol. The van der Waals surface area contributed by atoms with Crippen molar-refractivity contribution in [1.29, 1.82) is 0 Å². The molecule has 1 aliphatic carbocycles. The number of ether oxygens (including phenoxy) is 1. The van der Waals surface area contributed by atoms with Gasteiger partial charge in [0, 0.05) is 19.1 Å². The zero-order valence-electron chi connectivity index (χ0n) is 15.1. The summed E-state index contributed by atoms with van der Waals surface area (Å²) in [6.45, 7) is 2.51. The molecule has 0 aromatic heterocycles. The number of carbonyl (C=O) groups is 1. The van der Waals surface area contributed by atoms with Crippen LogP contribution in [0.15, 0.2) is 60.7 Å². The summed E-state index contributed by atoms with van der Waals surface area (Å²) < 4.78 is 3.86. The molecule has 0 spiro atoms. The summed E-state index contributed by atoms with van der Waals surface area (Å²) in [5.41, 5.74) is 2.86. The molecule has 0 saturated heterocycles. The zero-order chi connectivity index (χ0) is 17.7. The molecule has 1 aliphatic rings. The molecule has 0 radical (unpaired) electrons. The number of benzene rings is 2. The van der Waals surface area contributed by atoms with Crippen LogP contribution in [0.1, 0.15) is 43.2 Å². The van der Waals surface area contributed by atoms with E-state index in [0.717, 1.165) is 19.1 Å². The molecule has 0 N–H and O–H groups in total. The van der Waals surface area contributed by atoms with Crippen molar-refractivity contribution < 1.29 is 9.53 Å². The summed E-state index contributed by atoms with van der Waals surface area (Å²) in [7, 11) is 1.31. The van der Waals surface area contributed by atoms with Crippen LogP contribution in [-0.4, -0.2) is 24.5 Å². The van der Waals surface area contributed by atoms with E-state index in [1.807, 2.05) is 0 Å². The standard InChI is InChI=1S/C20H25N.C2H4O2/c1-4-10-18(11-5-1)16-21(20-14-8-3-9-15-20)17-19-12-6-2-7-13-19;1-4-2-3/h1-2,4-7,10-13,20H,3,8-9,14-17H2;2H,1H3. The first-order valence-corrected chi connectivity index (χ1v) is 9.12. The number of carbonyl (C=O) groups excluding carboxylic acids is 1. The second-order valence-electron chi connectivity index (χ2n) is 6.50. The molecule has 3 heteroatoms. The van der Waals surface area contributed by atoms with Crippen molar-refractivity contribution in [3.8, 4) is 0 Å². The molecule has 0 atom stereocenters. The lowest BCUT2D eigenvalue weighted by molar-refractivity contribution is -0.126. The Kier molecular flexibility index (Phi) is 8.78. The summed E-state index contributed by atoms with van der Waals surface area (Å²) in [4.78, 5) is 11.6. The molecule has 0 aliphatic heterocycles. The van der Waals surface area contributed by atoms with Gasteiger partial charge in [0.2, 0.25) is 0 Å². The minimum absolute atomic E-state index is 0.375. The Bertz CT molecular complexity index is 538. The first-order chi connectivity index (χ1) is 12.3. The van der Waals surface area contributed by atoms with Crippen molar-refractivity contribution in [3.63, 3.8) is 0 Å². The van der Waals surface area contributed by atoms with E-state index in [2.05, 4.69) is 70.3 Å².